The van der Waals surface area contributed by atoms with E-state index in [9.17, 15) is 9.59 Å². The van der Waals surface area contributed by atoms with E-state index in [0.717, 1.165) is 5.56 Å². The van der Waals surface area contributed by atoms with Crippen molar-refractivity contribution in [1.82, 2.24) is 24.4 Å². The first-order valence-corrected chi connectivity index (χ1v) is 10.5. The Balaban J connectivity index is 1.40. The third-order valence-electron chi connectivity index (χ3n) is 5.65. The van der Waals surface area contributed by atoms with Crippen LogP contribution in [0, 0.1) is 6.92 Å². The molecule has 5 rings (SSSR count). The van der Waals surface area contributed by atoms with Crippen LogP contribution in [0.4, 0.5) is 5.69 Å². The Kier molecular flexibility index (Phi) is 5.35. The number of amides is 2. The lowest BCUT2D eigenvalue weighted by molar-refractivity contribution is -0.138. The SMILES string of the molecule is CC(=O)N1CCOCC1c1nc(-c2ccc(C)c(NC(=O)c3cnc4ccccn34)c2)no1. The van der Waals surface area contributed by atoms with Crippen molar-refractivity contribution < 1.29 is 18.8 Å². The van der Waals surface area contributed by atoms with Gasteiger partial charge in [-0.15, -0.1) is 0 Å². The van der Waals surface area contributed by atoms with Crippen molar-refractivity contribution in [1.29, 1.82) is 0 Å². The maximum atomic E-state index is 12.9. The van der Waals surface area contributed by atoms with Crippen molar-refractivity contribution >= 4 is 23.1 Å². The van der Waals surface area contributed by atoms with E-state index < -0.39 is 6.04 Å². The molecule has 10 nitrogen and oxygen atoms in total. The van der Waals surface area contributed by atoms with Crippen LogP contribution in [0.15, 0.2) is 53.3 Å². The highest BCUT2D eigenvalue weighted by molar-refractivity contribution is 6.04. The van der Waals surface area contributed by atoms with Crippen LogP contribution in [-0.2, 0) is 9.53 Å². The molecule has 4 heterocycles. The number of carbonyl (C=O) groups excluding carboxylic acids is 2. The molecule has 1 fully saturated rings. The standard InChI is InChI=1S/C23H22N6O4/c1-14-6-7-16(21-26-23(33-27-21)19-13-32-10-9-28(19)15(2)30)11-17(14)25-22(31)18-12-24-20-5-3-4-8-29(18)20/h3-8,11-12,19H,9-10,13H2,1-2H3,(H,25,31). The number of nitrogens with zero attached hydrogens (tertiary/aromatic N) is 5. The van der Waals surface area contributed by atoms with E-state index in [1.807, 2.05) is 37.3 Å². The van der Waals surface area contributed by atoms with E-state index in [4.69, 9.17) is 9.26 Å². The van der Waals surface area contributed by atoms with Gasteiger partial charge in [-0.05, 0) is 30.7 Å². The molecule has 1 saturated heterocycles. The van der Waals surface area contributed by atoms with Crippen LogP contribution in [0.5, 0.6) is 0 Å². The molecule has 4 aromatic rings. The summed E-state index contributed by atoms with van der Waals surface area (Å²) in [5.41, 5.74) is 3.31. The summed E-state index contributed by atoms with van der Waals surface area (Å²) in [5, 5.41) is 7.04. The quantitative estimate of drug-likeness (QED) is 0.513. The van der Waals surface area contributed by atoms with Crippen LogP contribution in [0.3, 0.4) is 0 Å². The molecule has 168 valence electrons. The third-order valence-corrected chi connectivity index (χ3v) is 5.65. The summed E-state index contributed by atoms with van der Waals surface area (Å²) >= 11 is 0. The number of hydrogen-bond acceptors (Lipinski definition) is 7. The fraction of sp³-hybridized carbons (Fsp3) is 0.261. The van der Waals surface area contributed by atoms with Crippen molar-refractivity contribution in [3.05, 3.63) is 65.9 Å². The average molecular weight is 446 g/mol. The maximum absolute atomic E-state index is 12.9. The van der Waals surface area contributed by atoms with Crippen molar-refractivity contribution in [3.63, 3.8) is 0 Å². The molecule has 0 radical (unpaired) electrons. The van der Waals surface area contributed by atoms with E-state index >= 15 is 0 Å². The van der Waals surface area contributed by atoms with Gasteiger partial charge < -0.3 is 19.5 Å². The first kappa shape index (κ1) is 20.8. The summed E-state index contributed by atoms with van der Waals surface area (Å²) < 4.78 is 12.7. The van der Waals surface area contributed by atoms with Gasteiger partial charge in [0.1, 0.15) is 17.4 Å². The minimum absolute atomic E-state index is 0.0734. The topological polar surface area (TPSA) is 115 Å². The number of carbonyl (C=O) groups is 2. The first-order chi connectivity index (χ1) is 16.0. The minimum atomic E-state index is -0.419. The number of imidazole rings is 1. The number of morpholine rings is 1. The van der Waals surface area contributed by atoms with Gasteiger partial charge in [-0.25, -0.2) is 4.98 Å². The van der Waals surface area contributed by atoms with Gasteiger partial charge in [-0.1, -0.05) is 23.4 Å². The summed E-state index contributed by atoms with van der Waals surface area (Å²) in [6.07, 6.45) is 3.34. The first-order valence-electron chi connectivity index (χ1n) is 10.5. The zero-order valence-corrected chi connectivity index (χ0v) is 18.2. The van der Waals surface area contributed by atoms with Gasteiger partial charge in [0.25, 0.3) is 11.8 Å². The summed E-state index contributed by atoms with van der Waals surface area (Å²) in [6.45, 7) is 4.66. The predicted octanol–water partition coefficient (Wildman–Crippen LogP) is 2.86. The number of aryl methyl sites for hydroxylation is 1. The van der Waals surface area contributed by atoms with Gasteiger partial charge in [-0.3, -0.25) is 14.0 Å². The molecule has 1 unspecified atom stereocenters. The van der Waals surface area contributed by atoms with Gasteiger partial charge in [0, 0.05) is 30.9 Å². The molecule has 1 aromatic carbocycles. The Hall–Kier alpha value is -4.05. The summed E-state index contributed by atoms with van der Waals surface area (Å²) in [6, 6.07) is 10.7. The Morgan fingerprint density at radius 3 is 2.94 bits per heavy atom. The molecular weight excluding hydrogens is 424 g/mol. The minimum Gasteiger partial charge on any atom is -0.377 e. The Morgan fingerprint density at radius 2 is 2.09 bits per heavy atom. The van der Waals surface area contributed by atoms with E-state index in [1.54, 1.807) is 27.8 Å². The third kappa shape index (κ3) is 3.96. The fourth-order valence-electron chi connectivity index (χ4n) is 3.86. The molecule has 1 aliphatic rings. The number of rotatable bonds is 4. The van der Waals surface area contributed by atoms with E-state index in [1.165, 1.54) is 6.92 Å². The monoisotopic (exact) mass is 446 g/mol. The van der Waals surface area contributed by atoms with Gasteiger partial charge in [0.15, 0.2) is 0 Å². The highest BCUT2D eigenvalue weighted by atomic mass is 16.5. The number of fused-ring (bicyclic) bond motifs is 1. The second-order valence-electron chi connectivity index (χ2n) is 7.82. The lowest BCUT2D eigenvalue weighted by Gasteiger charge is -2.32. The number of ether oxygens (including phenoxy) is 1. The normalized spacial score (nSPS) is 16.2. The highest BCUT2D eigenvalue weighted by Crippen LogP contribution is 2.28. The van der Waals surface area contributed by atoms with Crippen LogP contribution in [0.1, 0.15) is 34.9 Å². The highest BCUT2D eigenvalue weighted by Gasteiger charge is 2.31. The molecule has 1 atom stereocenters. The molecule has 0 spiro atoms. The van der Waals surface area contributed by atoms with Crippen LogP contribution in [-0.4, -0.2) is 56.0 Å². The zero-order chi connectivity index (χ0) is 22.9. The molecule has 10 heteroatoms. The summed E-state index contributed by atoms with van der Waals surface area (Å²) in [4.78, 5) is 35.3. The Bertz CT molecular complexity index is 1340. The van der Waals surface area contributed by atoms with Crippen molar-refractivity contribution in [2.45, 2.75) is 19.9 Å². The Morgan fingerprint density at radius 1 is 1.21 bits per heavy atom. The van der Waals surface area contributed by atoms with Gasteiger partial charge in [0.2, 0.25) is 11.7 Å². The number of hydrogen-bond donors (Lipinski definition) is 1. The lowest BCUT2D eigenvalue weighted by Crippen LogP contribution is -2.42. The van der Waals surface area contributed by atoms with Crippen molar-refractivity contribution in [2.24, 2.45) is 0 Å². The summed E-state index contributed by atoms with van der Waals surface area (Å²) in [5.74, 6) is 0.330. The van der Waals surface area contributed by atoms with E-state index in [2.05, 4.69) is 20.4 Å². The largest absolute Gasteiger partial charge is 0.377 e. The number of anilines is 1. The molecule has 33 heavy (non-hydrogen) atoms. The number of aromatic nitrogens is 4. The lowest BCUT2D eigenvalue weighted by atomic mass is 10.1. The van der Waals surface area contributed by atoms with Gasteiger partial charge in [-0.2, -0.15) is 4.98 Å². The Labute approximate surface area is 189 Å². The molecule has 2 amide bonds. The zero-order valence-electron chi connectivity index (χ0n) is 18.2. The number of pyridine rings is 1. The molecule has 1 aliphatic heterocycles. The second-order valence-corrected chi connectivity index (χ2v) is 7.82. The number of nitrogens with one attached hydrogen (secondary N) is 1. The van der Waals surface area contributed by atoms with Gasteiger partial charge >= 0.3 is 0 Å². The van der Waals surface area contributed by atoms with E-state index in [-0.39, 0.29) is 11.8 Å². The van der Waals surface area contributed by atoms with Crippen molar-refractivity contribution in [3.8, 4) is 11.4 Å². The van der Waals surface area contributed by atoms with Crippen LogP contribution in [0.2, 0.25) is 0 Å². The molecule has 0 saturated carbocycles. The van der Waals surface area contributed by atoms with Crippen molar-refractivity contribution in [2.75, 3.05) is 25.1 Å². The van der Waals surface area contributed by atoms with Crippen LogP contribution >= 0.6 is 0 Å². The van der Waals surface area contributed by atoms with E-state index in [0.29, 0.717) is 54.1 Å². The fourth-order valence-corrected chi connectivity index (χ4v) is 3.86. The average Bonchev–Trinajstić information content (AvgIpc) is 3.48. The smallest absolute Gasteiger partial charge is 0.274 e. The van der Waals surface area contributed by atoms with Crippen LogP contribution in [0.25, 0.3) is 17.0 Å². The molecule has 0 aliphatic carbocycles. The molecule has 1 N–H and O–H groups in total. The predicted molar refractivity (Wildman–Crippen MR) is 119 cm³/mol. The summed E-state index contributed by atoms with van der Waals surface area (Å²) in [7, 11) is 0. The second kappa shape index (κ2) is 8.47. The number of benzene rings is 1. The molecule has 3 aromatic heterocycles. The maximum Gasteiger partial charge on any atom is 0.274 e. The van der Waals surface area contributed by atoms with Crippen LogP contribution < -0.4 is 5.32 Å². The molecular formula is C23H22N6O4. The molecule has 0 bridgehead atoms. The van der Waals surface area contributed by atoms with Gasteiger partial charge in [0.05, 0.1) is 19.4 Å².